The molecule has 1 aromatic heterocycles. The molecule has 0 saturated heterocycles. The van der Waals surface area contributed by atoms with Gasteiger partial charge in [-0.3, -0.25) is 4.68 Å². The lowest BCUT2D eigenvalue weighted by Crippen LogP contribution is -2.26. The maximum atomic E-state index is 4.31. The van der Waals surface area contributed by atoms with Gasteiger partial charge in [-0.2, -0.15) is 5.10 Å². The van der Waals surface area contributed by atoms with Crippen molar-refractivity contribution in [2.75, 3.05) is 27.2 Å². The van der Waals surface area contributed by atoms with Gasteiger partial charge in [0.1, 0.15) is 0 Å². The zero-order valence-electron chi connectivity index (χ0n) is 10.4. The molecule has 4 nitrogen and oxygen atoms in total. The molecule has 0 amide bonds. The number of halogens is 1. The van der Waals surface area contributed by atoms with Crippen molar-refractivity contribution < 1.29 is 0 Å². The van der Waals surface area contributed by atoms with Crippen LogP contribution in [0.15, 0.2) is 12.4 Å². The van der Waals surface area contributed by atoms with E-state index in [0.717, 1.165) is 32.6 Å². The van der Waals surface area contributed by atoms with Crippen LogP contribution in [-0.4, -0.2) is 41.9 Å². The van der Waals surface area contributed by atoms with Crippen molar-refractivity contribution in [2.24, 2.45) is 0 Å². The SMILES string of the molecule is CCCn1cc(CN(C)CCNC)cn1.Cl. The van der Waals surface area contributed by atoms with E-state index in [9.17, 15) is 0 Å². The Morgan fingerprint density at radius 3 is 2.88 bits per heavy atom. The van der Waals surface area contributed by atoms with Crippen LogP contribution in [0.1, 0.15) is 18.9 Å². The molecule has 0 aliphatic heterocycles. The van der Waals surface area contributed by atoms with Crippen LogP contribution >= 0.6 is 12.4 Å². The van der Waals surface area contributed by atoms with E-state index >= 15 is 0 Å². The van der Waals surface area contributed by atoms with Crippen LogP contribution in [0.2, 0.25) is 0 Å². The molecular weight excluding hydrogens is 224 g/mol. The molecule has 0 bridgehead atoms. The van der Waals surface area contributed by atoms with E-state index in [1.807, 2.05) is 17.9 Å². The molecule has 1 N–H and O–H groups in total. The monoisotopic (exact) mass is 246 g/mol. The molecule has 1 rings (SSSR count). The van der Waals surface area contributed by atoms with Gasteiger partial charge < -0.3 is 10.2 Å². The fourth-order valence-corrected chi connectivity index (χ4v) is 1.53. The summed E-state index contributed by atoms with van der Waals surface area (Å²) in [6.07, 6.45) is 5.24. The van der Waals surface area contributed by atoms with Gasteiger partial charge in [0, 0.05) is 37.9 Å². The smallest absolute Gasteiger partial charge is 0.0534 e. The van der Waals surface area contributed by atoms with E-state index in [-0.39, 0.29) is 12.4 Å². The minimum atomic E-state index is 0. The Bertz CT molecular complexity index is 275. The molecule has 0 saturated carbocycles. The average Bonchev–Trinajstić information content (AvgIpc) is 2.63. The van der Waals surface area contributed by atoms with Gasteiger partial charge in [0.15, 0.2) is 0 Å². The number of hydrogen-bond acceptors (Lipinski definition) is 3. The number of nitrogens with zero attached hydrogens (tertiary/aromatic N) is 3. The molecule has 1 aromatic rings. The molecule has 0 aliphatic carbocycles. The third-order valence-electron chi connectivity index (χ3n) is 2.34. The highest BCUT2D eigenvalue weighted by atomic mass is 35.5. The third-order valence-corrected chi connectivity index (χ3v) is 2.34. The first-order chi connectivity index (χ1) is 7.26. The highest BCUT2D eigenvalue weighted by Crippen LogP contribution is 2.02. The summed E-state index contributed by atoms with van der Waals surface area (Å²) in [4.78, 5) is 2.30. The fraction of sp³-hybridized carbons (Fsp3) is 0.727. The molecular formula is C11H23ClN4. The zero-order chi connectivity index (χ0) is 11.1. The summed E-state index contributed by atoms with van der Waals surface area (Å²) in [6, 6.07) is 0. The number of nitrogens with one attached hydrogen (secondary N) is 1. The van der Waals surface area contributed by atoms with E-state index in [1.165, 1.54) is 5.56 Å². The topological polar surface area (TPSA) is 33.1 Å². The molecule has 0 radical (unpaired) electrons. The molecule has 16 heavy (non-hydrogen) atoms. The summed E-state index contributed by atoms with van der Waals surface area (Å²) in [5, 5.41) is 7.46. The van der Waals surface area contributed by atoms with Crippen LogP contribution in [0.25, 0.3) is 0 Å². The molecule has 0 atom stereocenters. The summed E-state index contributed by atoms with van der Waals surface area (Å²) in [5.41, 5.74) is 1.29. The van der Waals surface area contributed by atoms with Crippen molar-refractivity contribution in [3.63, 3.8) is 0 Å². The van der Waals surface area contributed by atoms with E-state index in [1.54, 1.807) is 0 Å². The Hall–Kier alpha value is -0.580. The van der Waals surface area contributed by atoms with Gasteiger partial charge in [0.2, 0.25) is 0 Å². The molecule has 0 spiro atoms. The van der Waals surface area contributed by atoms with Gasteiger partial charge in [0.05, 0.1) is 6.20 Å². The van der Waals surface area contributed by atoms with Crippen molar-refractivity contribution in [2.45, 2.75) is 26.4 Å². The average molecular weight is 247 g/mol. The standard InChI is InChI=1S/C11H22N4.ClH/c1-4-6-15-10-11(8-13-15)9-14(3)7-5-12-2;/h8,10,12H,4-7,9H2,1-3H3;1H. The Balaban J connectivity index is 0.00000225. The van der Waals surface area contributed by atoms with Crippen molar-refractivity contribution in [1.82, 2.24) is 20.0 Å². The maximum absolute atomic E-state index is 4.31. The van der Waals surface area contributed by atoms with Gasteiger partial charge in [-0.25, -0.2) is 0 Å². The van der Waals surface area contributed by atoms with Crippen molar-refractivity contribution in [1.29, 1.82) is 0 Å². The van der Waals surface area contributed by atoms with Crippen molar-refractivity contribution in [3.05, 3.63) is 18.0 Å². The first-order valence-corrected chi connectivity index (χ1v) is 5.60. The van der Waals surface area contributed by atoms with Crippen molar-refractivity contribution >= 4 is 12.4 Å². The second-order valence-corrected chi connectivity index (χ2v) is 3.95. The molecule has 0 unspecified atom stereocenters. The Morgan fingerprint density at radius 1 is 1.50 bits per heavy atom. The van der Waals surface area contributed by atoms with Crippen LogP contribution in [0, 0.1) is 0 Å². The van der Waals surface area contributed by atoms with E-state index < -0.39 is 0 Å². The van der Waals surface area contributed by atoms with Crippen LogP contribution in [-0.2, 0) is 13.1 Å². The molecule has 0 fully saturated rings. The van der Waals surface area contributed by atoms with Gasteiger partial charge in [0.25, 0.3) is 0 Å². The van der Waals surface area contributed by atoms with Gasteiger partial charge in [-0.15, -0.1) is 12.4 Å². The number of likely N-dealkylation sites (N-methyl/N-ethyl adjacent to an activating group) is 2. The van der Waals surface area contributed by atoms with E-state index in [4.69, 9.17) is 0 Å². The lowest BCUT2D eigenvalue weighted by atomic mass is 10.3. The summed E-state index contributed by atoms with van der Waals surface area (Å²) in [6.45, 7) is 6.25. The minimum absolute atomic E-state index is 0. The number of aromatic nitrogens is 2. The molecule has 94 valence electrons. The largest absolute Gasteiger partial charge is 0.318 e. The Labute approximate surface area is 104 Å². The first-order valence-electron chi connectivity index (χ1n) is 5.60. The zero-order valence-corrected chi connectivity index (χ0v) is 11.3. The molecule has 1 heterocycles. The van der Waals surface area contributed by atoms with Gasteiger partial charge >= 0.3 is 0 Å². The fourth-order valence-electron chi connectivity index (χ4n) is 1.53. The summed E-state index contributed by atoms with van der Waals surface area (Å²) in [7, 11) is 4.11. The number of rotatable bonds is 7. The molecule has 0 aliphatic rings. The minimum Gasteiger partial charge on any atom is -0.318 e. The highest BCUT2D eigenvalue weighted by Gasteiger charge is 2.02. The number of aryl methyl sites for hydroxylation is 1. The predicted molar refractivity (Wildman–Crippen MR) is 70.0 cm³/mol. The van der Waals surface area contributed by atoms with Crippen LogP contribution < -0.4 is 5.32 Å². The Morgan fingerprint density at radius 2 is 2.25 bits per heavy atom. The van der Waals surface area contributed by atoms with E-state index in [2.05, 4.69) is 35.5 Å². The summed E-state index contributed by atoms with van der Waals surface area (Å²) in [5.74, 6) is 0. The Kier molecular flexibility index (Phi) is 8.25. The van der Waals surface area contributed by atoms with Gasteiger partial charge in [-0.1, -0.05) is 6.92 Å². The molecule has 0 aromatic carbocycles. The van der Waals surface area contributed by atoms with Gasteiger partial charge in [-0.05, 0) is 20.5 Å². The summed E-state index contributed by atoms with van der Waals surface area (Å²) >= 11 is 0. The summed E-state index contributed by atoms with van der Waals surface area (Å²) < 4.78 is 2.02. The normalized spacial score (nSPS) is 10.5. The van der Waals surface area contributed by atoms with E-state index in [0.29, 0.717) is 0 Å². The lowest BCUT2D eigenvalue weighted by molar-refractivity contribution is 0.328. The van der Waals surface area contributed by atoms with Crippen molar-refractivity contribution in [3.8, 4) is 0 Å². The maximum Gasteiger partial charge on any atom is 0.0534 e. The predicted octanol–water partition coefficient (Wildman–Crippen LogP) is 1.37. The number of hydrogen-bond donors (Lipinski definition) is 1. The molecule has 5 heteroatoms. The van der Waals surface area contributed by atoms with Crippen LogP contribution in [0.5, 0.6) is 0 Å². The second kappa shape index (κ2) is 8.56. The van der Waals surface area contributed by atoms with Crippen LogP contribution in [0.4, 0.5) is 0 Å². The third kappa shape index (κ3) is 5.49. The highest BCUT2D eigenvalue weighted by molar-refractivity contribution is 5.85. The second-order valence-electron chi connectivity index (χ2n) is 3.95. The first kappa shape index (κ1) is 15.4. The quantitative estimate of drug-likeness (QED) is 0.789. The van der Waals surface area contributed by atoms with Crippen LogP contribution in [0.3, 0.4) is 0 Å². The lowest BCUT2D eigenvalue weighted by Gasteiger charge is -2.14.